The second kappa shape index (κ2) is 18.0. The van der Waals surface area contributed by atoms with Crippen LogP contribution >= 0.6 is 23.8 Å². The fraction of sp³-hybridized carbons (Fsp3) is 0.571. The van der Waals surface area contributed by atoms with Gasteiger partial charge >= 0.3 is 0 Å². The minimum Gasteiger partial charge on any atom is -0.0690 e. The maximum Gasteiger partial charge on any atom is 0 e. The molecule has 0 nitrogen and oxygen atoms in total. The Morgan fingerprint density at radius 2 is 0.478 bits per heavy atom. The van der Waals surface area contributed by atoms with E-state index in [0.29, 0.717) is 0 Å². The monoisotopic (exact) mass is 760 g/mol. The van der Waals surface area contributed by atoms with Gasteiger partial charge in [0.15, 0.2) is 0 Å². The Kier molecular flexibility index (Phi) is 13.9. The number of rotatable bonds is 3. The first-order valence-electron chi connectivity index (χ1n) is 18.9. The molecule has 6 atom stereocenters. The van der Waals surface area contributed by atoms with Gasteiger partial charge in [-0.25, -0.2) is 0 Å². The molecule has 250 valence electrons. The summed E-state index contributed by atoms with van der Waals surface area (Å²) in [6, 6.07) is 34.1. The van der Waals surface area contributed by atoms with Crippen LogP contribution in [0.15, 0.2) is 91.0 Å². The van der Waals surface area contributed by atoms with Crippen LogP contribution in [-0.2, 0) is 20.4 Å². The third-order valence-corrected chi connectivity index (χ3v) is 22.5. The summed E-state index contributed by atoms with van der Waals surface area (Å²) >= 11 is 0. The molecule has 0 spiro atoms. The van der Waals surface area contributed by atoms with Gasteiger partial charge in [0, 0.05) is 20.4 Å². The fourth-order valence-electron chi connectivity index (χ4n) is 9.93. The number of fused-ring (bicyclic) bond motifs is 6. The van der Waals surface area contributed by atoms with Crippen molar-refractivity contribution in [3.05, 3.63) is 91.0 Å². The molecule has 0 radical (unpaired) electrons. The van der Waals surface area contributed by atoms with Crippen LogP contribution in [0.5, 0.6) is 0 Å². The van der Waals surface area contributed by atoms with Crippen LogP contribution in [0.3, 0.4) is 0 Å². The average molecular weight is 761 g/mol. The van der Waals surface area contributed by atoms with Crippen LogP contribution in [0.4, 0.5) is 0 Å². The van der Waals surface area contributed by atoms with E-state index in [1.165, 1.54) is 116 Å². The molecule has 3 aromatic rings. The van der Waals surface area contributed by atoms with Crippen molar-refractivity contribution in [3.8, 4) is 0 Å². The van der Waals surface area contributed by atoms with Crippen LogP contribution in [0.1, 0.15) is 116 Å². The summed E-state index contributed by atoms with van der Waals surface area (Å²) in [4.78, 5) is 0. The zero-order valence-electron chi connectivity index (χ0n) is 28.0. The largest absolute Gasteiger partial charge is 0.0690 e. The Bertz CT molecular complexity index is 1080. The molecule has 6 fully saturated rings. The van der Waals surface area contributed by atoms with Crippen molar-refractivity contribution < 1.29 is 20.4 Å². The molecule has 0 saturated carbocycles. The molecule has 6 bridgehead atoms. The van der Waals surface area contributed by atoms with Crippen molar-refractivity contribution in [2.45, 2.75) is 150 Å². The van der Waals surface area contributed by atoms with Gasteiger partial charge < -0.3 is 0 Å². The minimum atomic E-state index is 0. The smallest absolute Gasteiger partial charge is 0 e. The molecule has 46 heavy (non-hydrogen) atoms. The van der Waals surface area contributed by atoms with E-state index in [1.807, 2.05) is 0 Å². The van der Waals surface area contributed by atoms with E-state index in [-0.39, 0.29) is 44.2 Å². The SMILES string of the molecule is [Pd].c1ccc(P2C3CCCCC2CC3)cc1.c1ccc(P2C3CCCCC2CC3)cc1.c1ccc(P2C3CCCCC2CC3)cc1. The Morgan fingerprint density at radius 1 is 0.283 bits per heavy atom. The molecule has 4 heteroatoms. The van der Waals surface area contributed by atoms with Gasteiger partial charge in [-0.3, -0.25) is 0 Å². The van der Waals surface area contributed by atoms with Gasteiger partial charge in [0.05, 0.1) is 0 Å². The Labute approximate surface area is 299 Å². The third-order valence-electron chi connectivity index (χ3n) is 12.0. The van der Waals surface area contributed by atoms with Gasteiger partial charge in [-0.2, -0.15) is 0 Å². The molecule has 0 amide bonds. The molecular formula is C42H57P3Pd. The first-order valence-corrected chi connectivity index (χ1v) is 23.3. The summed E-state index contributed by atoms with van der Waals surface area (Å²) in [6.07, 6.45) is 27.1. The van der Waals surface area contributed by atoms with E-state index < -0.39 is 0 Å². The predicted molar refractivity (Wildman–Crippen MR) is 205 cm³/mol. The topological polar surface area (TPSA) is 0 Å². The van der Waals surface area contributed by atoms with E-state index in [2.05, 4.69) is 91.0 Å². The second-order valence-corrected chi connectivity index (χ2v) is 23.1. The molecular weight excluding hydrogens is 704 g/mol. The van der Waals surface area contributed by atoms with Crippen molar-refractivity contribution in [2.75, 3.05) is 0 Å². The number of hydrogen-bond donors (Lipinski definition) is 0. The van der Waals surface area contributed by atoms with Gasteiger partial charge in [-0.15, -0.1) is 0 Å². The van der Waals surface area contributed by atoms with Gasteiger partial charge in [-0.05, 0) is 127 Å². The first kappa shape index (κ1) is 35.4. The van der Waals surface area contributed by atoms with Gasteiger partial charge in [0.25, 0.3) is 0 Å². The second-order valence-electron chi connectivity index (χ2n) is 14.7. The van der Waals surface area contributed by atoms with E-state index in [9.17, 15) is 0 Å². The van der Waals surface area contributed by atoms with Crippen molar-refractivity contribution in [1.82, 2.24) is 0 Å². The van der Waals surface area contributed by atoms with Gasteiger partial charge in [0.1, 0.15) is 0 Å². The fourth-order valence-corrected chi connectivity index (χ4v) is 21.1. The van der Waals surface area contributed by atoms with E-state index in [0.717, 1.165) is 34.0 Å². The molecule has 6 unspecified atom stereocenters. The molecule has 6 aliphatic rings. The summed E-state index contributed by atoms with van der Waals surface area (Å²) in [5, 5.41) is 5.05. The van der Waals surface area contributed by atoms with E-state index >= 15 is 0 Å². The van der Waals surface area contributed by atoms with E-state index in [1.54, 1.807) is 15.9 Å². The van der Waals surface area contributed by atoms with Crippen LogP contribution in [0, 0.1) is 0 Å². The average Bonchev–Trinajstić information content (AvgIpc) is 3.63. The van der Waals surface area contributed by atoms with Crippen molar-refractivity contribution in [2.24, 2.45) is 0 Å². The maximum atomic E-state index is 2.38. The molecule has 6 saturated heterocycles. The first-order chi connectivity index (χ1) is 22.3. The van der Waals surface area contributed by atoms with Gasteiger partial charge in [0.2, 0.25) is 0 Å². The van der Waals surface area contributed by atoms with Crippen LogP contribution in [-0.4, -0.2) is 34.0 Å². The number of hydrogen-bond acceptors (Lipinski definition) is 0. The van der Waals surface area contributed by atoms with Crippen LogP contribution in [0.25, 0.3) is 0 Å². The van der Waals surface area contributed by atoms with E-state index in [4.69, 9.17) is 0 Å². The Balaban J connectivity index is 0.000000120. The molecule has 0 aromatic heterocycles. The standard InChI is InChI=1S/3C14H19P.Pd/c3*1-2-6-12(7-3-1)15-13-8-4-5-9-14(15)11-10-13;/h3*1-3,6-7,13-14H,4-5,8-11H2;. The van der Waals surface area contributed by atoms with Crippen molar-refractivity contribution in [3.63, 3.8) is 0 Å². The summed E-state index contributed by atoms with van der Waals surface area (Å²) in [5.74, 6) is 0. The maximum absolute atomic E-state index is 2.38. The molecule has 0 N–H and O–H groups in total. The zero-order chi connectivity index (χ0) is 30.3. The summed E-state index contributed by atoms with van der Waals surface area (Å²) in [7, 11) is 0.586. The normalized spacial score (nSPS) is 34.3. The predicted octanol–water partition coefficient (Wildman–Crippen LogP) is 11.7. The molecule has 3 aromatic carbocycles. The summed E-state index contributed by atoms with van der Waals surface area (Å²) < 4.78 is 0. The van der Waals surface area contributed by atoms with Crippen LogP contribution in [0.2, 0.25) is 0 Å². The third kappa shape index (κ3) is 8.66. The quantitative estimate of drug-likeness (QED) is 0.184. The summed E-state index contributed by atoms with van der Waals surface area (Å²) in [6.45, 7) is 0. The number of benzene rings is 3. The van der Waals surface area contributed by atoms with Crippen LogP contribution < -0.4 is 15.9 Å². The van der Waals surface area contributed by atoms with Crippen molar-refractivity contribution >= 4 is 39.7 Å². The molecule has 6 heterocycles. The Hall–Kier alpha value is -0.388. The zero-order valence-corrected chi connectivity index (χ0v) is 32.2. The molecule has 9 rings (SSSR count). The molecule has 0 aliphatic carbocycles. The molecule has 6 aliphatic heterocycles. The summed E-state index contributed by atoms with van der Waals surface area (Å²) in [5.41, 5.74) is 6.39. The minimum absolute atomic E-state index is 0. The van der Waals surface area contributed by atoms with Crippen molar-refractivity contribution in [1.29, 1.82) is 0 Å². The van der Waals surface area contributed by atoms with Gasteiger partial charge in [-0.1, -0.05) is 153 Å². The Morgan fingerprint density at radius 3 is 0.674 bits per heavy atom.